The average molecular weight is 241 g/mol. The van der Waals surface area contributed by atoms with E-state index in [2.05, 4.69) is 17.3 Å². The van der Waals surface area contributed by atoms with E-state index in [1.54, 1.807) is 0 Å². The Morgan fingerprint density at radius 2 is 2.12 bits per heavy atom. The van der Waals surface area contributed by atoms with Crippen molar-refractivity contribution in [1.82, 2.24) is 15.1 Å². The van der Waals surface area contributed by atoms with Crippen LogP contribution in [0.3, 0.4) is 0 Å². The number of hydrogen-bond donors (Lipinski definition) is 2. The van der Waals surface area contributed by atoms with Gasteiger partial charge in [-0.2, -0.15) is 0 Å². The Morgan fingerprint density at radius 3 is 2.71 bits per heavy atom. The van der Waals surface area contributed by atoms with Gasteiger partial charge in [0.15, 0.2) is 0 Å². The Balaban J connectivity index is 1.88. The van der Waals surface area contributed by atoms with Gasteiger partial charge in [-0.1, -0.05) is 0 Å². The first kappa shape index (κ1) is 12.2. The third kappa shape index (κ3) is 2.88. The maximum atomic E-state index is 11.6. The highest BCUT2D eigenvalue weighted by Gasteiger charge is 2.35. The maximum absolute atomic E-state index is 11.6. The van der Waals surface area contributed by atoms with Gasteiger partial charge in [-0.05, 0) is 38.9 Å². The number of urea groups is 1. The summed E-state index contributed by atoms with van der Waals surface area (Å²) in [6.07, 6.45) is 2.14. The summed E-state index contributed by atoms with van der Waals surface area (Å²) >= 11 is 0. The average Bonchev–Trinajstić information content (AvgIpc) is 2.60. The number of nitrogens with zero attached hydrogens (tertiary/aromatic N) is 2. The Morgan fingerprint density at radius 1 is 1.47 bits per heavy atom. The molecule has 2 amide bonds. The van der Waals surface area contributed by atoms with Gasteiger partial charge >= 0.3 is 12.0 Å². The molecule has 6 heteroatoms. The van der Waals surface area contributed by atoms with Gasteiger partial charge in [0.25, 0.3) is 0 Å². The lowest BCUT2D eigenvalue weighted by Crippen LogP contribution is -2.41. The molecule has 0 aromatic carbocycles. The van der Waals surface area contributed by atoms with Crippen LogP contribution in [0, 0.1) is 5.92 Å². The van der Waals surface area contributed by atoms with Crippen LogP contribution >= 0.6 is 0 Å². The number of hydrogen-bond acceptors (Lipinski definition) is 3. The summed E-state index contributed by atoms with van der Waals surface area (Å²) in [5, 5.41) is 11.6. The third-order valence-electron chi connectivity index (χ3n) is 3.67. The van der Waals surface area contributed by atoms with E-state index >= 15 is 0 Å². The molecule has 2 fully saturated rings. The van der Waals surface area contributed by atoms with Gasteiger partial charge in [0.2, 0.25) is 0 Å². The van der Waals surface area contributed by atoms with E-state index in [1.807, 2.05) is 0 Å². The van der Waals surface area contributed by atoms with Crippen molar-refractivity contribution in [2.24, 2.45) is 5.92 Å². The number of nitrogens with one attached hydrogen (secondary N) is 1. The molecule has 2 N–H and O–H groups in total. The van der Waals surface area contributed by atoms with Crippen molar-refractivity contribution in [3.8, 4) is 0 Å². The standard InChI is InChI=1S/C11H19N3O3/c1-13-4-2-8(3-5-13)9-6-14(7-10(15)16)11(17)12-9/h8-9H,2-7H2,1H3,(H,12,17)(H,15,16). The Kier molecular flexibility index (Phi) is 3.51. The van der Waals surface area contributed by atoms with Crippen LogP contribution in [0.5, 0.6) is 0 Å². The van der Waals surface area contributed by atoms with Gasteiger partial charge in [0.1, 0.15) is 6.54 Å². The van der Waals surface area contributed by atoms with Gasteiger partial charge in [0, 0.05) is 6.54 Å². The van der Waals surface area contributed by atoms with Crippen molar-refractivity contribution in [1.29, 1.82) is 0 Å². The fourth-order valence-corrected chi connectivity index (χ4v) is 2.61. The summed E-state index contributed by atoms with van der Waals surface area (Å²) in [4.78, 5) is 25.8. The number of likely N-dealkylation sites (tertiary alicyclic amines) is 1. The molecule has 1 atom stereocenters. The molecule has 2 heterocycles. The van der Waals surface area contributed by atoms with E-state index in [0.717, 1.165) is 25.9 Å². The predicted octanol–water partition coefficient (Wildman–Crippen LogP) is -0.193. The predicted molar refractivity (Wildman–Crippen MR) is 61.7 cm³/mol. The Labute approximate surface area is 101 Å². The van der Waals surface area contributed by atoms with E-state index in [1.165, 1.54) is 4.90 Å². The van der Waals surface area contributed by atoms with Crippen molar-refractivity contribution in [2.45, 2.75) is 18.9 Å². The Hall–Kier alpha value is -1.30. The minimum absolute atomic E-state index is 0.121. The van der Waals surface area contributed by atoms with Gasteiger partial charge in [0.05, 0.1) is 6.04 Å². The molecule has 6 nitrogen and oxygen atoms in total. The lowest BCUT2D eigenvalue weighted by Gasteiger charge is -2.32. The molecule has 0 aromatic rings. The highest BCUT2D eigenvalue weighted by molar-refractivity contribution is 5.82. The van der Waals surface area contributed by atoms with Gasteiger partial charge in [-0.3, -0.25) is 4.79 Å². The molecule has 2 aliphatic heterocycles. The number of amides is 2. The van der Waals surface area contributed by atoms with E-state index in [-0.39, 0.29) is 18.6 Å². The molecule has 0 saturated carbocycles. The second kappa shape index (κ2) is 4.91. The quantitative estimate of drug-likeness (QED) is 0.718. The normalized spacial score (nSPS) is 27.2. The molecule has 17 heavy (non-hydrogen) atoms. The molecule has 0 spiro atoms. The van der Waals surface area contributed by atoms with E-state index in [4.69, 9.17) is 5.11 Å². The highest BCUT2D eigenvalue weighted by Crippen LogP contribution is 2.23. The zero-order valence-corrected chi connectivity index (χ0v) is 10.1. The first-order chi connectivity index (χ1) is 8.06. The second-order valence-electron chi connectivity index (χ2n) is 4.97. The molecule has 0 radical (unpaired) electrons. The number of carboxylic acids is 1. The lowest BCUT2D eigenvalue weighted by molar-refractivity contribution is -0.137. The molecule has 0 bridgehead atoms. The minimum atomic E-state index is -0.954. The molecule has 0 aliphatic carbocycles. The fraction of sp³-hybridized carbons (Fsp3) is 0.818. The van der Waals surface area contributed by atoms with Crippen LogP contribution in [-0.2, 0) is 4.79 Å². The number of carbonyl (C=O) groups is 2. The van der Waals surface area contributed by atoms with Crippen LogP contribution in [0.2, 0.25) is 0 Å². The summed E-state index contributed by atoms with van der Waals surface area (Å²) in [7, 11) is 2.10. The first-order valence-electron chi connectivity index (χ1n) is 6.02. The van der Waals surface area contributed by atoms with Crippen LogP contribution < -0.4 is 5.32 Å². The summed E-state index contributed by atoms with van der Waals surface area (Å²) in [5.41, 5.74) is 0. The van der Waals surface area contributed by atoms with Crippen molar-refractivity contribution >= 4 is 12.0 Å². The largest absolute Gasteiger partial charge is 0.480 e. The summed E-state index contributed by atoms with van der Waals surface area (Å²) < 4.78 is 0. The molecule has 2 rings (SSSR count). The second-order valence-corrected chi connectivity index (χ2v) is 4.97. The first-order valence-corrected chi connectivity index (χ1v) is 6.02. The Bertz CT molecular complexity index is 313. The molecular formula is C11H19N3O3. The monoisotopic (exact) mass is 241 g/mol. The third-order valence-corrected chi connectivity index (χ3v) is 3.67. The minimum Gasteiger partial charge on any atom is -0.480 e. The van der Waals surface area contributed by atoms with E-state index in [9.17, 15) is 9.59 Å². The number of rotatable bonds is 3. The zero-order chi connectivity index (χ0) is 12.4. The molecule has 2 saturated heterocycles. The van der Waals surface area contributed by atoms with Crippen molar-refractivity contribution in [2.75, 3.05) is 33.2 Å². The molecule has 1 unspecified atom stereocenters. The van der Waals surface area contributed by atoms with Crippen molar-refractivity contribution < 1.29 is 14.7 Å². The lowest BCUT2D eigenvalue weighted by atomic mass is 9.90. The van der Waals surface area contributed by atoms with E-state index in [0.29, 0.717) is 12.5 Å². The zero-order valence-electron chi connectivity index (χ0n) is 10.1. The van der Waals surface area contributed by atoms with Crippen LogP contribution in [0.25, 0.3) is 0 Å². The molecular weight excluding hydrogens is 222 g/mol. The van der Waals surface area contributed by atoms with Crippen LogP contribution in [0.1, 0.15) is 12.8 Å². The number of carbonyl (C=O) groups excluding carboxylic acids is 1. The molecule has 96 valence electrons. The van der Waals surface area contributed by atoms with Crippen molar-refractivity contribution in [3.05, 3.63) is 0 Å². The number of aliphatic carboxylic acids is 1. The van der Waals surface area contributed by atoms with Gasteiger partial charge in [-0.25, -0.2) is 4.79 Å². The number of carboxylic acid groups (broad SMARTS) is 1. The summed E-state index contributed by atoms with van der Waals surface area (Å²) in [6, 6.07) is -0.119. The fourth-order valence-electron chi connectivity index (χ4n) is 2.61. The van der Waals surface area contributed by atoms with Crippen LogP contribution in [0.15, 0.2) is 0 Å². The van der Waals surface area contributed by atoms with Gasteiger partial charge in [-0.15, -0.1) is 0 Å². The topological polar surface area (TPSA) is 72.9 Å². The molecule has 2 aliphatic rings. The maximum Gasteiger partial charge on any atom is 0.323 e. The van der Waals surface area contributed by atoms with Crippen molar-refractivity contribution in [3.63, 3.8) is 0 Å². The number of piperidine rings is 1. The van der Waals surface area contributed by atoms with E-state index < -0.39 is 5.97 Å². The van der Waals surface area contributed by atoms with Crippen LogP contribution in [0.4, 0.5) is 4.79 Å². The molecule has 0 aromatic heterocycles. The summed E-state index contributed by atoms with van der Waals surface area (Å²) in [6.45, 7) is 2.43. The SMILES string of the molecule is CN1CCC(C2CN(CC(=O)O)C(=O)N2)CC1. The van der Waals surface area contributed by atoms with Gasteiger partial charge < -0.3 is 20.2 Å². The highest BCUT2D eigenvalue weighted by atomic mass is 16.4. The smallest absolute Gasteiger partial charge is 0.323 e. The summed E-state index contributed by atoms with van der Waals surface area (Å²) in [5.74, 6) is -0.474. The van der Waals surface area contributed by atoms with Crippen LogP contribution in [-0.4, -0.2) is 66.2 Å².